The Balaban J connectivity index is 1.54. The van der Waals surface area contributed by atoms with Gasteiger partial charge in [0.1, 0.15) is 5.69 Å². The van der Waals surface area contributed by atoms with Gasteiger partial charge in [-0.05, 0) is 43.3 Å². The Kier molecular flexibility index (Phi) is 5.35. The summed E-state index contributed by atoms with van der Waals surface area (Å²) in [6, 6.07) is 10.9. The molecule has 1 amide bonds. The molecule has 0 unspecified atom stereocenters. The van der Waals surface area contributed by atoms with Crippen LogP contribution in [0.2, 0.25) is 0 Å². The second-order valence-electron chi connectivity index (χ2n) is 5.77. The number of amides is 1. The summed E-state index contributed by atoms with van der Waals surface area (Å²) in [5.74, 6) is -0.936. The number of nitrogens with zero attached hydrogens (tertiary/aromatic N) is 1. The van der Waals surface area contributed by atoms with Crippen LogP contribution in [0.25, 0.3) is 0 Å². The van der Waals surface area contributed by atoms with Crippen LogP contribution in [-0.2, 0) is 14.3 Å². The first-order valence-corrected chi connectivity index (χ1v) is 8.21. The number of esters is 1. The Morgan fingerprint density at radius 2 is 1.92 bits per heavy atom. The summed E-state index contributed by atoms with van der Waals surface area (Å²) in [6.45, 7) is 4.71. The predicted octanol–water partition coefficient (Wildman–Crippen LogP) is 2.04. The van der Waals surface area contributed by atoms with E-state index < -0.39 is 12.1 Å². The molecule has 0 aliphatic carbocycles. The van der Waals surface area contributed by atoms with Gasteiger partial charge in [0.25, 0.3) is 5.91 Å². The molecule has 132 valence electrons. The van der Waals surface area contributed by atoms with E-state index >= 15 is 0 Å². The van der Waals surface area contributed by atoms with E-state index in [1.807, 2.05) is 24.3 Å². The molecule has 1 atom stereocenters. The van der Waals surface area contributed by atoms with E-state index in [-0.39, 0.29) is 5.91 Å². The monoisotopic (exact) mass is 343 g/mol. The van der Waals surface area contributed by atoms with Crippen molar-refractivity contribution in [1.29, 1.82) is 0 Å². The fraction of sp³-hybridized carbons (Fsp3) is 0.333. The number of H-pyrrole nitrogens is 1. The summed E-state index contributed by atoms with van der Waals surface area (Å²) in [5.41, 5.74) is 2.06. The third-order valence-electron chi connectivity index (χ3n) is 3.98. The van der Waals surface area contributed by atoms with Crippen LogP contribution < -0.4 is 10.2 Å². The van der Waals surface area contributed by atoms with Gasteiger partial charge in [0.15, 0.2) is 6.10 Å². The third-order valence-corrected chi connectivity index (χ3v) is 3.98. The van der Waals surface area contributed by atoms with Crippen LogP contribution in [0.4, 0.5) is 11.4 Å². The molecule has 0 spiro atoms. The van der Waals surface area contributed by atoms with Gasteiger partial charge in [-0.3, -0.25) is 4.79 Å². The number of morpholine rings is 1. The number of carbonyl (C=O) groups excluding carboxylic acids is 2. The molecule has 0 bridgehead atoms. The Bertz CT molecular complexity index is 706. The van der Waals surface area contributed by atoms with Crippen molar-refractivity contribution in [3.63, 3.8) is 0 Å². The number of aromatic nitrogens is 1. The van der Waals surface area contributed by atoms with Gasteiger partial charge in [-0.1, -0.05) is 0 Å². The van der Waals surface area contributed by atoms with Crippen molar-refractivity contribution in [2.75, 3.05) is 36.5 Å². The van der Waals surface area contributed by atoms with Crippen LogP contribution in [0.5, 0.6) is 0 Å². The quantitative estimate of drug-likeness (QED) is 0.812. The lowest BCUT2D eigenvalue weighted by Gasteiger charge is -2.28. The lowest BCUT2D eigenvalue weighted by molar-refractivity contribution is -0.123. The summed E-state index contributed by atoms with van der Waals surface area (Å²) in [6.07, 6.45) is 0.729. The fourth-order valence-corrected chi connectivity index (χ4v) is 2.56. The lowest BCUT2D eigenvalue weighted by atomic mass is 10.2. The number of benzene rings is 1. The topological polar surface area (TPSA) is 83.7 Å². The van der Waals surface area contributed by atoms with Crippen LogP contribution in [0.15, 0.2) is 42.6 Å². The largest absolute Gasteiger partial charge is 0.448 e. The maximum atomic E-state index is 12.2. The number of aromatic amines is 1. The van der Waals surface area contributed by atoms with E-state index in [1.165, 1.54) is 6.92 Å². The molecule has 2 N–H and O–H groups in total. The molecule has 0 radical (unpaired) electrons. The van der Waals surface area contributed by atoms with E-state index in [4.69, 9.17) is 9.47 Å². The molecule has 7 nitrogen and oxygen atoms in total. The average molecular weight is 343 g/mol. The van der Waals surface area contributed by atoms with E-state index in [9.17, 15) is 9.59 Å². The smallest absolute Gasteiger partial charge is 0.355 e. The van der Waals surface area contributed by atoms with E-state index in [1.54, 1.807) is 18.3 Å². The standard InChI is InChI=1S/C18H21N3O4/c1-13(25-18(23)16-3-2-8-19-16)17(22)20-14-4-6-15(7-5-14)21-9-11-24-12-10-21/h2-8,13,19H,9-12H2,1H3,(H,20,22)/t13-/m1/s1. The van der Waals surface area contributed by atoms with Crippen molar-refractivity contribution >= 4 is 23.3 Å². The van der Waals surface area contributed by atoms with Gasteiger partial charge in [0, 0.05) is 30.7 Å². The van der Waals surface area contributed by atoms with Gasteiger partial charge in [0.2, 0.25) is 0 Å². The van der Waals surface area contributed by atoms with E-state index in [0.29, 0.717) is 11.4 Å². The molecule has 25 heavy (non-hydrogen) atoms. The molecule has 1 aromatic carbocycles. The zero-order valence-corrected chi connectivity index (χ0v) is 14.0. The van der Waals surface area contributed by atoms with Crippen molar-refractivity contribution in [2.24, 2.45) is 0 Å². The normalized spacial score (nSPS) is 15.5. The Labute approximate surface area is 145 Å². The van der Waals surface area contributed by atoms with Gasteiger partial charge >= 0.3 is 5.97 Å². The van der Waals surface area contributed by atoms with Crippen LogP contribution >= 0.6 is 0 Å². The Morgan fingerprint density at radius 3 is 2.56 bits per heavy atom. The summed E-state index contributed by atoms with van der Waals surface area (Å²) >= 11 is 0. The van der Waals surface area contributed by atoms with Crippen LogP contribution in [0.1, 0.15) is 17.4 Å². The molecule has 1 aliphatic heterocycles. The Morgan fingerprint density at radius 1 is 1.20 bits per heavy atom. The van der Waals surface area contributed by atoms with Gasteiger partial charge in [0.05, 0.1) is 13.2 Å². The minimum Gasteiger partial charge on any atom is -0.448 e. The Hall–Kier alpha value is -2.80. The molecule has 2 aromatic rings. The van der Waals surface area contributed by atoms with Gasteiger partial charge in [-0.15, -0.1) is 0 Å². The van der Waals surface area contributed by atoms with Gasteiger partial charge in [-0.25, -0.2) is 4.79 Å². The summed E-state index contributed by atoms with van der Waals surface area (Å²) in [4.78, 5) is 29.0. The van der Waals surface area contributed by atoms with E-state index in [2.05, 4.69) is 15.2 Å². The van der Waals surface area contributed by atoms with Crippen molar-refractivity contribution in [3.8, 4) is 0 Å². The van der Waals surface area contributed by atoms with Crippen LogP contribution in [-0.4, -0.2) is 49.3 Å². The van der Waals surface area contributed by atoms with Crippen molar-refractivity contribution < 1.29 is 19.1 Å². The zero-order chi connectivity index (χ0) is 17.6. The molecule has 2 heterocycles. The van der Waals surface area contributed by atoms with E-state index in [0.717, 1.165) is 32.0 Å². The maximum Gasteiger partial charge on any atom is 0.355 e. The lowest BCUT2D eigenvalue weighted by Crippen LogP contribution is -2.36. The first kappa shape index (κ1) is 17.0. The highest BCUT2D eigenvalue weighted by atomic mass is 16.5. The molecule has 3 rings (SSSR count). The van der Waals surface area contributed by atoms with Gasteiger partial charge < -0.3 is 24.7 Å². The molecule has 1 saturated heterocycles. The number of carbonyl (C=O) groups is 2. The van der Waals surface area contributed by atoms with Crippen molar-refractivity contribution in [2.45, 2.75) is 13.0 Å². The number of rotatable bonds is 5. The molecular weight excluding hydrogens is 322 g/mol. The first-order valence-electron chi connectivity index (χ1n) is 8.21. The molecule has 1 fully saturated rings. The van der Waals surface area contributed by atoms with Crippen molar-refractivity contribution in [3.05, 3.63) is 48.3 Å². The molecule has 0 saturated carbocycles. The van der Waals surface area contributed by atoms with Crippen LogP contribution in [0.3, 0.4) is 0 Å². The minimum absolute atomic E-state index is 0.314. The highest BCUT2D eigenvalue weighted by Gasteiger charge is 2.19. The summed E-state index contributed by atoms with van der Waals surface area (Å²) in [5, 5.41) is 2.75. The minimum atomic E-state index is -0.894. The first-order chi connectivity index (χ1) is 12.1. The van der Waals surface area contributed by atoms with Crippen molar-refractivity contribution in [1.82, 2.24) is 4.98 Å². The average Bonchev–Trinajstić information content (AvgIpc) is 3.18. The highest BCUT2D eigenvalue weighted by Crippen LogP contribution is 2.19. The summed E-state index contributed by atoms with van der Waals surface area (Å²) < 4.78 is 10.5. The van der Waals surface area contributed by atoms with Gasteiger partial charge in [-0.2, -0.15) is 0 Å². The second-order valence-corrected chi connectivity index (χ2v) is 5.77. The second kappa shape index (κ2) is 7.85. The zero-order valence-electron chi connectivity index (χ0n) is 14.0. The SMILES string of the molecule is C[C@@H](OC(=O)c1ccc[nH]1)C(=O)Nc1ccc(N2CCOCC2)cc1. The number of ether oxygens (including phenoxy) is 2. The number of nitrogens with one attached hydrogen (secondary N) is 2. The fourth-order valence-electron chi connectivity index (χ4n) is 2.56. The summed E-state index contributed by atoms with van der Waals surface area (Å²) in [7, 11) is 0. The molecule has 1 aromatic heterocycles. The highest BCUT2D eigenvalue weighted by molar-refractivity contribution is 5.96. The van der Waals surface area contributed by atoms with Crippen LogP contribution in [0, 0.1) is 0 Å². The number of anilines is 2. The molecular formula is C18H21N3O4. The third kappa shape index (κ3) is 4.39. The predicted molar refractivity (Wildman–Crippen MR) is 93.8 cm³/mol. The number of hydrogen-bond donors (Lipinski definition) is 2. The maximum absolute atomic E-state index is 12.2. The number of hydrogen-bond acceptors (Lipinski definition) is 5. The molecule has 1 aliphatic rings. The molecule has 7 heteroatoms.